The minimum atomic E-state index is -4.32. The first-order valence-corrected chi connectivity index (χ1v) is 27.7. The van der Waals surface area contributed by atoms with Crippen LogP contribution in [0.5, 0.6) is 0 Å². The van der Waals surface area contributed by atoms with Crippen LogP contribution in [0.1, 0.15) is 155 Å². The molecule has 69 heavy (non-hydrogen) atoms. The maximum absolute atomic E-state index is 12.8. The molecular formula is C60H97NO7P+. The van der Waals surface area contributed by atoms with E-state index in [1.54, 1.807) is 0 Å². The number of rotatable bonds is 46. The number of likely N-dealkylation sites (N-methyl/N-ethyl adjacent to an activating group) is 1. The van der Waals surface area contributed by atoms with Crippen molar-refractivity contribution in [2.75, 3.05) is 54.1 Å². The van der Waals surface area contributed by atoms with Crippen molar-refractivity contribution in [3.63, 3.8) is 0 Å². The first-order valence-electron chi connectivity index (χ1n) is 26.2. The molecule has 0 rings (SSSR count). The zero-order valence-corrected chi connectivity index (χ0v) is 44.9. The van der Waals surface area contributed by atoms with Crippen molar-refractivity contribution in [2.45, 2.75) is 161 Å². The summed E-state index contributed by atoms with van der Waals surface area (Å²) in [5.41, 5.74) is 0. The number of carbonyl (C=O) groups is 1. The molecule has 0 aromatic heterocycles. The fourth-order valence-corrected chi connectivity index (χ4v) is 6.86. The molecule has 0 aliphatic carbocycles. The predicted molar refractivity (Wildman–Crippen MR) is 297 cm³/mol. The quantitative estimate of drug-likeness (QED) is 0.0214. The van der Waals surface area contributed by atoms with E-state index in [1.807, 2.05) is 21.1 Å². The van der Waals surface area contributed by atoms with Gasteiger partial charge in [-0.2, -0.15) is 0 Å². The first kappa shape index (κ1) is 65.1. The van der Waals surface area contributed by atoms with Gasteiger partial charge in [-0.1, -0.05) is 185 Å². The topological polar surface area (TPSA) is 91.3 Å². The second-order valence-electron chi connectivity index (χ2n) is 17.8. The van der Waals surface area contributed by atoms with E-state index in [0.717, 1.165) is 128 Å². The fourth-order valence-electron chi connectivity index (χ4n) is 6.12. The largest absolute Gasteiger partial charge is 0.472 e. The molecule has 0 aliphatic rings. The molecule has 2 atom stereocenters. The Bertz CT molecular complexity index is 1650. The summed E-state index contributed by atoms with van der Waals surface area (Å²) in [4.78, 5) is 23.0. The Labute approximate surface area is 422 Å². The molecule has 0 saturated carbocycles. The van der Waals surface area contributed by atoms with Crippen LogP contribution in [0.4, 0.5) is 0 Å². The normalized spacial score (nSPS) is 14.8. The zero-order valence-electron chi connectivity index (χ0n) is 44.0. The van der Waals surface area contributed by atoms with Gasteiger partial charge in [0, 0.05) is 13.0 Å². The van der Waals surface area contributed by atoms with Gasteiger partial charge in [-0.25, -0.2) is 4.57 Å². The van der Waals surface area contributed by atoms with Crippen molar-refractivity contribution in [1.29, 1.82) is 0 Å². The molecule has 2 unspecified atom stereocenters. The molecule has 1 N–H and O–H groups in total. The summed E-state index contributed by atoms with van der Waals surface area (Å²) in [6, 6.07) is 0. The highest BCUT2D eigenvalue weighted by Crippen LogP contribution is 2.43. The molecule has 9 heteroatoms. The summed E-state index contributed by atoms with van der Waals surface area (Å²) < 4.78 is 35.1. The number of hydrogen-bond donors (Lipinski definition) is 1. The van der Waals surface area contributed by atoms with Crippen molar-refractivity contribution < 1.29 is 37.3 Å². The van der Waals surface area contributed by atoms with Gasteiger partial charge in [-0.3, -0.25) is 13.8 Å². The second kappa shape index (κ2) is 50.5. The van der Waals surface area contributed by atoms with Crippen molar-refractivity contribution in [3.05, 3.63) is 158 Å². The summed E-state index contributed by atoms with van der Waals surface area (Å²) in [6.07, 6.45) is 77.3. The number of quaternary nitrogens is 1. The number of allylic oxidation sites excluding steroid dienone is 26. The van der Waals surface area contributed by atoms with E-state index >= 15 is 0 Å². The summed E-state index contributed by atoms with van der Waals surface area (Å²) in [5, 5.41) is 0. The monoisotopic (exact) mass is 975 g/mol. The van der Waals surface area contributed by atoms with E-state index in [-0.39, 0.29) is 32.2 Å². The lowest BCUT2D eigenvalue weighted by Gasteiger charge is -2.24. The number of unbranched alkanes of at least 4 members (excludes halogenated alkanes) is 6. The van der Waals surface area contributed by atoms with E-state index in [4.69, 9.17) is 18.5 Å². The van der Waals surface area contributed by atoms with Crippen LogP contribution in [0.25, 0.3) is 0 Å². The molecule has 0 bridgehead atoms. The number of carbonyl (C=O) groups excluding carboxylic acids is 1. The third-order valence-corrected chi connectivity index (χ3v) is 11.1. The van der Waals surface area contributed by atoms with E-state index in [2.05, 4.69) is 172 Å². The predicted octanol–water partition coefficient (Wildman–Crippen LogP) is 16.6. The van der Waals surface area contributed by atoms with Crippen LogP contribution in [0.15, 0.2) is 158 Å². The van der Waals surface area contributed by atoms with E-state index < -0.39 is 13.9 Å². The van der Waals surface area contributed by atoms with Gasteiger partial charge >= 0.3 is 13.8 Å². The molecule has 0 amide bonds. The van der Waals surface area contributed by atoms with E-state index in [1.165, 1.54) is 0 Å². The molecule has 0 fully saturated rings. The third kappa shape index (κ3) is 54.9. The van der Waals surface area contributed by atoms with Gasteiger partial charge in [-0.05, 0) is 122 Å². The summed E-state index contributed by atoms with van der Waals surface area (Å²) >= 11 is 0. The summed E-state index contributed by atoms with van der Waals surface area (Å²) in [7, 11) is 1.59. The SMILES string of the molecule is CC/C=C\C/C=C\C/C=C\C/C=C\C/C=C\C/C=C\C/C=C\CCCCCC(=O)OC(COCCCCC/C=C\C/C=C\C/C=C\C/C=C\C/C=C\C/C=C\CC)COP(=O)(O)OCC[N+](C)(C)C. The number of esters is 1. The first-order chi connectivity index (χ1) is 33.6. The van der Waals surface area contributed by atoms with Crippen LogP contribution in [0.3, 0.4) is 0 Å². The number of phosphoric acid groups is 1. The lowest BCUT2D eigenvalue weighted by Crippen LogP contribution is -2.37. The van der Waals surface area contributed by atoms with Crippen LogP contribution in [-0.4, -0.2) is 75.6 Å². The van der Waals surface area contributed by atoms with Gasteiger partial charge in [0.05, 0.1) is 34.4 Å². The van der Waals surface area contributed by atoms with Crippen LogP contribution in [-0.2, 0) is 27.9 Å². The van der Waals surface area contributed by atoms with E-state index in [9.17, 15) is 14.3 Å². The molecule has 0 spiro atoms. The Morgan fingerprint density at radius 3 is 1.16 bits per heavy atom. The van der Waals surface area contributed by atoms with Crippen LogP contribution < -0.4 is 0 Å². The maximum atomic E-state index is 12.8. The van der Waals surface area contributed by atoms with Gasteiger partial charge in [0.25, 0.3) is 0 Å². The lowest BCUT2D eigenvalue weighted by atomic mass is 10.1. The molecule has 0 heterocycles. The average Bonchev–Trinajstić information content (AvgIpc) is 3.31. The molecule has 0 aliphatic heterocycles. The van der Waals surface area contributed by atoms with Gasteiger partial charge < -0.3 is 18.9 Å². The van der Waals surface area contributed by atoms with Crippen molar-refractivity contribution in [2.24, 2.45) is 0 Å². The summed E-state index contributed by atoms with van der Waals surface area (Å²) in [6.45, 7) is 5.21. The van der Waals surface area contributed by atoms with Crippen LogP contribution >= 0.6 is 7.82 Å². The molecule has 0 aromatic carbocycles. The van der Waals surface area contributed by atoms with Crippen molar-refractivity contribution in [3.8, 4) is 0 Å². The Morgan fingerprint density at radius 1 is 0.449 bits per heavy atom. The molecule has 0 saturated heterocycles. The summed E-state index contributed by atoms with van der Waals surface area (Å²) in [5.74, 6) is -0.365. The van der Waals surface area contributed by atoms with Crippen molar-refractivity contribution in [1.82, 2.24) is 0 Å². The highest BCUT2D eigenvalue weighted by atomic mass is 31.2. The maximum Gasteiger partial charge on any atom is 0.472 e. The second-order valence-corrected chi connectivity index (χ2v) is 19.2. The van der Waals surface area contributed by atoms with Crippen LogP contribution in [0.2, 0.25) is 0 Å². The highest BCUT2D eigenvalue weighted by Gasteiger charge is 2.26. The number of nitrogens with zero attached hydrogens (tertiary/aromatic N) is 1. The third-order valence-electron chi connectivity index (χ3n) is 10.1. The Morgan fingerprint density at radius 2 is 0.797 bits per heavy atom. The van der Waals surface area contributed by atoms with E-state index in [0.29, 0.717) is 24.1 Å². The van der Waals surface area contributed by atoms with Gasteiger partial charge in [-0.15, -0.1) is 0 Å². The standard InChI is InChI=1S/C60H96NO7P/c1-6-8-10-12-14-16-18-20-22-24-26-28-30-31-32-33-35-37-39-41-43-45-47-49-51-53-60(62)68-59(58-67-69(63,64)66-56-54-61(3,4)5)57-65-55-52-50-48-46-44-42-40-38-36-34-29-27-25-23-21-19-17-15-13-11-9-7-2/h8-11,14-17,20-23,26-29,31-32,35-38,41-44,59H,6-7,12-13,18-19,24-25,30,33-34,39-40,45-58H2,1-5H3/p+1/b10-8-,11-9-,16-14-,17-15-,22-20-,23-21-,28-26-,29-27-,32-31-,37-35-,38-36-,43-41-,44-42-. The van der Waals surface area contributed by atoms with Gasteiger partial charge in [0.1, 0.15) is 19.3 Å². The molecular weight excluding hydrogens is 878 g/mol. The molecule has 0 radical (unpaired) electrons. The number of phosphoric ester groups is 1. The zero-order chi connectivity index (χ0) is 50.5. The highest BCUT2D eigenvalue weighted by molar-refractivity contribution is 7.47. The fraction of sp³-hybridized carbons (Fsp3) is 0.550. The number of hydrogen-bond acceptors (Lipinski definition) is 6. The van der Waals surface area contributed by atoms with Crippen molar-refractivity contribution >= 4 is 13.8 Å². The molecule has 8 nitrogen and oxygen atoms in total. The minimum Gasteiger partial charge on any atom is -0.457 e. The van der Waals surface area contributed by atoms with Gasteiger partial charge in [0.2, 0.25) is 0 Å². The Hall–Kier alpha value is -3.88. The molecule has 388 valence electrons. The molecule has 0 aromatic rings. The smallest absolute Gasteiger partial charge is 0.457 e. The van der Waals surface area contributed by atoms with Crippen LogP contribution in [0, 0.1) is 0 Å². The number of ether oxygens (including phenoxy) is 2. The minimum absolute atomic E-state index is 0.0640. The Balaban J connectivity index is 4.35. The lowest BCUT2D eigenvalue weighted by molar-refractivity contribution is -0.870. The van der Waals surface area contributed by atoms with Gasteiger partial charge in [0.15, 0.2) is 0 Å². The average molecular weight is 975 g/mol. The Kier molecular flexibility index (Phi) is 47.7.